The molecule has 0 aromatic carbocycles. The van der Waals surface area contributed by atoms with E-state index in [1.54, 1.807) is 7.11 Å². The van der Waals surface area contributed by atoms with E-state index in [0.717, 1.165) is 24.8 Å². The van der Waals surface area contributed by atoms with Gasteiger partial charge >= 0.3 is 0 Å². The predicted octanol–water partition coefficient (Wildman–Crippen LogP) is 5.52. The number of Topliss-reactive ketones (excluding diaryl/α,β-unsaturated/α-hetero) is 1. The van der Waals surface area contributed by atoms with E-state index in [2.05, 4.69) is 39.9 Å². The molecule has 0 amide bonds. The zero-order valence-electron chi connectivity index (χ0n) is 20.0. The Morgan fingerprint density at radius 1 is 1.10 bits per heavy atom. The van der Waals surface area contributed by atoms with Gasteiger partial charge in [-0.05, 0) is 70.7 Å². The van der Waals surface area contributed by atoms with Crippen molar-refractivity contribution in [3.8, 4) is 0 Å². The van der Waals surface area contributed by atoms with E-state index in [4.69, 9.17) is 18.6 Å². The van der Waals surface area contributed by atoms with Gasteiger partial charge in [-0.2, -0.15) is 0 Å². The molecule has 0 fully saturated rings. The van der Waals surface area contributed by atoms with E-state index >= 15 is 0 Å². The van der Waals surface area contributed by atoms with Crippen LogP contribution in [0.4, 0.5) is 0 Å². The van der Waals surface area contributed by atoms with Gasteiger partial charge in [0.15, 0.2) is 14.1 Å². The van der Waals surface area contributed by atoms with Gasteiger partial charge in [0.25, 0.3) is 0 Å². The summed E-state index contributed by atoms with van der Waals surface area (Å²) in [5.41, 5.74) is -0.230. The Morgan fingerprint density at radius 2 is 1.69 bits per heavy atom. The fourth-order valence-corrected chi connectivity index (χ4v) is 4.92. The third-order valence-corrected chi connectivity index (χ3v) is 10.5. The second-order valence-corrected chi connectivity index (χ2v) is 14.9. The van der Waals surface area contributed by atoms with Crippen molar-refractivity contribution < 1.29 is 23.4 Å². The molecule has 0 aromatic heterocycles. The lowest BCUT2D eigenvalue weighted by Gasteiger charge is -2.51. The fourth-order valence-electron chi connectivity index (χ4n) is 3.53. The first-order valence-corrected chi connectivity index (χ1v) is 13.7. The minimum atomic E-state index is -2.30. The first-order valence-electron chi connectivity index (χ1n) is 10.8. The topological polar surface area (TPSA) is 54.0 Å². The maximum Gasteiger partial charge on any atom is 0.244 e. The monoisotopic (exact) mass is 424 g/mol. The van der Waals surface area contributed by atoms with Crippen LogP contribution >= 0.6 is 0 Å². The second-order valence-electron chi connectivity index (χ2n) is 10.2. The number of carbonyl (C=O) groups is 1. The zero-order chi connectivity index (χ0) is 22.2. The van der Waals surface area contributed by atoms with E-state index in [0.29, 0.717) is 11.5 Å². The average Bonchev–Trinajstić information content (AvgIpc) is 2.61. The standard InChI is InChI=1S/C23H40O5Si/c1-15(2)26-19-20(24)23(21(19)27-16(3)4,28-29(9,10)22(5,6)7)17-12-11-13-18(14-17)25-8/h14-16,18H,11-13H2,1-10H3/t18-,23-/m0/s1. The molecule has 0 radical (unpaired) electrons. The third kappa shape index (κ3) is 4.64. The summed E-state index contributed by atoms with van der Waals surface area (Å²) < 4.78 is 24.6. The van der Waals surface area contributed by atoms with E-state index in [1.807, 2.05) is 27.7 Å². The zero-order valence-corrected chi connectivity index (χ0v) is 21.0. The van der Waals surface area contributed by atoms with Crippen LogP contribution in [0.15, 0.2) is 23.2 Å². The van der Waals surface area contributed by atoms with Crippen LogP contribution in [0.5, 0.6) is 0 Å². The highest BCUT2D eigenvalue weighted by molar-refractivity contribution is 6.74. The minimum absolute atomic E-state index is 0.0122. The molecule has 2 aliphatic carbocycles. The molecule has 5 nitrogen and oxygen atoms in total. The Bertz CT molecular complexity index is 684. The third-order valence-electron chi connectivity index (χ3n) is 6.05. The van der Waals surface area contributed by atoms with Crippen molar-refractivity contribution in [3.05, 3.63) is 23.2 Å². The number of carbonyl (C=O) groups excluding carboxylic acids is 1. The lowest BCUT2D eigenvalue weighted by molar-refractivity contribution is -0.144. The van der Waals surface area contributed by atoms with E-state index in [1.165, 1.54) is 0 Å². The SMILES string of the molecule is CO[C@@H]1C=C([C@]2(O[Si](C)(C)C(C)(C)C)C(=O)C(OC(C)C)=C2OC(C)C)CCC1. The van der Waals surface area contributed by atoms with Crippen molar-refractivity contribution in [1.82, 2.24) is 0 Å². The van der Waals surface area contributed by atoms with E-state index in [-0.39, 0.29) is 29.1 Å². The molecule has 0 saturated heterocycles. The van der Waals surface area contributed by atoms with E-state index < -0.39 is 13.9 Å². The molecular weight excluding hydrogens is 384 g/mol. The van der Waals surface area contributed by atoms with Crippen LogP contribution in [0, 0.1) is 0 Å². The smallest absolute Gasteiger partial charge is 0.244 e. The van der Waals surface area contributed by atoms with Crippen molar-refractivity contribution in [2.45, 2.75) is 110 Å². The lowest BCUT2D eigenvalue weighted by Crippen LogP contribution is -2.62. The summed E-state index contributed by atoms with van der Waals surface area (Å²) in [5, 5.41) is -0.0479. The summed E-state index contributed by atoms with van der Waals surface area (Å²) in [6.07, 6.45) is 4.55. The van der Waals surface area contributed by atoms with Gasteiger partial charge in [-0.25, -0.2) is 0 Å². The second kappa shape index (κ2) is 8.56. The highest BCUT2D eigenvalue weighted by atomic mass is 28.4. The van der Waals surface area contributed by atoms with Gasteiger partial charge in [-0.3, -0.25) is 4.79 Å². The van der Waals surface area contributed by atoms with Crippen molar-refractivity contribution in [1.29, 1.82) is 0 Å². The van der Waals surface area contributed by atoms with Gasteiger partial charge in [0, 0.05) is 7.11 Å². The Balaban J connectivity index is 2.65. The van der Waals surface area contributed by atoms with Gasteiger partial charge in [-0.15, -0.1) is 0 Å². The molecule has 2 rings (SSSR count). The fraction of sp³-hybridized carbons (Fsp3) is 0.783. The molecule has 0 heterocycles. The molecule has 0 aliphatic heterocycles. The Morgan fingerprint density at radius 3 is 2.17 bits per heavy atom. The van der Waals surface area contributed by atoms with Crippen molar-refractivity contribution in [3.63, 3.8) is 0 Å². The molecule has 6 heteroatoms. The number of ketones is 1. The first-order chi connectivity index (χ1) is 13.3. The molecule has 2 aliphatic rings. The molecule has 0 aromatic rings. The average molecular weight is 425 g/mol. The summed E-state index contributed by atoms with van der Waals surface area (Å²) in [7, 11) is -0.592. The van der Waals surface area contributed by atoms with Crippen LogP contribution in [-0.2, 0) is 23.4 Å². The highest BCUT2D eigenvalue weighted by Gasteiger charge is 2.64. The van der Waals surface area contributed by atoms with Gasteiger partial charge in [-0.1, -0.05) is 26.8 Å². The Kier molecular flexibility index (Phi) is 7.13. The van der Waals surface area contributed by atoms with Crippen LogP contribution in [0.25, 0.3) is 0 Å². The molecule has 0 spiro atoms. The number of hydrogen-bond acceptors (Lipinski definition) is 5. The molecule has 2 atom stereocenters. The van der Waals surface area contributed by atoms with Crippen molar-refractivity contribution in [2.75, 3.05) is 7.11 Å². The summed E-state index contributed by atoms with van der Waals surface area (Å²) in [6, 6.07) is 0. The highest BCUT2D eigenvalue weighted by Crippen LogP contribution is 2.52. The van der Waals surface area contributed by atoms with Crippen molar-refractivity contribution >= 4 is 14.1 Å². The van der Waals surface area contributed by atoms with Crippen LogP contribution in [0.3, 0.4) is 0 Å². The summed E-state index contributed by atoms with van der Waals surface area (Å²) in [6.45, 7) is 18.7. The van der Waals surface area contributed by atoms with Crippen LogP contribution in [-0.4, -0.2) is 45.1 Å². The van der Waals surface area contributed by atoms with Crippen molar-refractivity contribution in [2.24, 2.45) is 0 Å². The van der Waals surface area contributed by atoms with Gasteiger partial charge in [0.05, 0.1) is 18.3 Å². The van der Waals surface area contributed by atoms with Crippen LogP contribution in [0.2, 0.25) is 18.1 Å². The Hall–Kier alpha value is -1.11. The van der Waals surface area contributed by atoms with Crippen LogP contribution < -0.4 is 0 Å². The summed E-state index contributed by atoms with van der Waals surface area (Å²) in [5.74, 6) is 0.738. The van der Waals surface area contributed by atoms with Gasteiger partial charge in [0.1, 0.15) is 0 Å². The molecule has 0 saturated carbocycles. The predicted molar refractivity (Wildman–Crippen MR) is 118 cm³/mol. The number of rotatable bonds is 8. The minimum Gasteiger partial charge on any atom is -0.487 e. The molecule has 166 valence electrons. The Labute approximate surface area is 177 Å². The lowest BCUT2D eigenvalue weighted by atomic mass is 9.73. The maximum atomic E-state index is 13.7. The number of methoxy groups -OCH3 is 1. The first kappa shape index (κ1) is 24.2. The molecular formula is C23H40O5Si. The van der Waals surface area contributed by atoms with E-state index in [9.17, 15) is 4.79 Å². The number of hydrogen-bond donors (Lipinski definition) is 0. The molecule has 0 N–H and O–H groups in total. The van der Waals surface area contributed by atoms with Crippen LogP contribution in [0.1, 0.15) is 67.7 Å². The normalized spacial score (nSPS) is 26.0. The molecule has 29 heavy (non-hydrogen) atoms. The summed E-state index contributed by atoms with van der Waals surface area (Å²) >= 11 is 0. The largest absolute Gasteiger partial charge is 0.487 e. The summed E-state index contributed by atoms with van der Waals surface area (Å²) in [4.78, 5) is 13.7. The van der Waals surface area contributed by atoms with Gasteiger partial charge in [0.2, 0.25) is 17.1 Å². The van der Waals surface area contributed by atoms with Gasteiger partial charge < -0.3 is 18.6 Å². The number of ether oxygens (including phenoxy) is 3. The maximum absolute atomic E-state index is 13.7. The molecule has 0 bridgehead atoms. The molecule has 0 unspecified atom stereocenters. The quantitative estimate of drug-likeness (QED) is 0.379.